The van der Waals surface area contributed by atoms with E-state index in [9.17, 15) is 13.2 Å². The van der Waals surface area contributed by atoms with Crippen LogP contribution in [0.4, 0.5) is 0 Å². The maximum Gasteiger partial charge on any atom is 0.324 e. The Morgan fingerprint density at radius 2 is 1.83 bits per heavy atom. The number of methoxy groups -OCH3 is 1. The van der Waals surface area contributed by atoms with Gasteiger partial charge in [0, 0.05) is 14.2 Å². The van der Waals surface area contributed by atoms with E-state index in [2.05, 4.69) is 0 Å². The Morgan fingerprint density at radius 1 is 1.22 bits per heavy atom. The van der Waals surface area contributed by atoms with Gasteiger partial charge in [0.05, 0.1) is 18.1 Å². The van der Waals surface area contributed by atoms with Crippen LogP contribution in [0.15, 0.2) is 29.2 Å². The van der Waals surface area contributed by atoms with Crippen molar-refractivity contribution in [2.24, 2.45) is 0 Å². The van der Waals surface area contributed by atoms with Crippen LogP contribution in [0.5, 0.6) is 5.75 Å². The Morgan fingerprint density at radius 3 is 2.35 bits per heavy atom. The zero-order valence-corrected chi connectivity index (χ0v) is 14.6. The zero-order valence-electron chi connectivity index (χ0n) is 13.8. The van der Waals surface area contributed by atoms with Gasteiger partial charge in [-0.1, -0.05) is 0 Å². The lowest BCUT2D eigenvalue weighted by Crippen LogP contribution is -2.41. The molecule has 7 nitrogen and oxygen atoms in total. The molecule has 8 heteroatoms. The van der Waals surface area contributed by atoms with E-state index in [1.165, 1.54) is 26.1 Å². The van der Waals surface area contributed by atoms with E-state index < -0.39 is 22.0 Å². The van der Waals surface area contributed by atoms with E-state index in [0.717, 1.165) is 4.31 Å². The second kappa shape index (κ2) is 8.85. The summed E-state index contributed by atoms with van der Waals surface area (Å²) in [6.07, 6.45) is 0. The van der Waals surface area contributed by atoms with Gasteiger partial charge in [-0.3, -0.25) is 4.79 Å². The highest BCUT2D eigenvalue weighted by Crippen LogP contribution is 2.20. The smallest absolute Gasteiger partial charge is 0.324 e. The highest BCUT2D eigenvalue weighted by molar-refractivity contribution is 7.89. The van der Waals surface area contributed by atoms with Crippen LogP contribution >= 0.6 is 0 Å². The summed E-state index contributed by atoms with van der Waals surface area (Å²) in [5.74, 6) is -0.0415. The number of hydrogen-bond acceptors (Lipinski definition) is 6. The van der Waals surface area contributed by atoms with Crippen molar-refractivity contribution in [3.05, 3.63) is 24.3 Å². The fourth-order valence-electron chi connectivity index (χ4n) is 1.74. The van der Waals surface area contributed by atoms with Crippen LogP contribution in [-0.2, 0) is 24.3 Å². The van der Waals surface area contributed by atoms with Crippen LogP contribution in [0.1, 0.15) is 13.8 Å². The quantitative estimate of drug-likeness (QED) is 0.495. The molecule has 0 N–H and O–H groups in total. The van der Waals surface area contributed by atoms with Crippen molar-refractivity contribution >= 4 is 16.0 Å². The van der Waals surface area contributed by atoms with Gasteiger partial charge in [-0.25, -0.2) is 8.42 Å². The van der Waals surface area contributed by atoms with Crippen molar-refractivity contribution in [3.63, 3.8) is 0 Å². The Hall–Kier alpha value is -1.64. The summed E-state index contributed by atoms with van der Waals surface area (Å²) in [5, 5.41) is 0. The third-order valence-corrected chi connectivity index (χ3v) is 5.17. The number of esters is 1. The first kappa shape index (κ1) is 19.4. The Kier molecular flexibility index (Phi) is 7.47. The molecule has 23 heavy (non-hydrogen) atoms. The van der Waals surface area contributed by atoms with Gasteiger partial charge < -0.3 is 14.2 Å². The average Bonchev–Trinajstić information content (AvgIpc) is 2.54. The third-order valence-electron chi connectivity index (χ3n) is 3.23. The summed E-state index contributed by atoms with van der Waals surface area (Å²) < 4.78 is 41.1. The Balaban J connectivity index is 2.84. The number of carbonyl (C=O) groups is 1. The number of carbonyl (C=O) groups excluding carboxylic acids is 1. The molecule has 1 rings (SSSR count). The van der Waals surface area contributed by atoms with Crippen molar-refractivity contribution in [2.45, 2.75) is 24.8 Å². The van der Waals surface area contributed by atoms with Crippen molar-refractivity contribution in [1.29, 1.82) is 0 Å². The minimum absolute atomic E-state index is 0.0789. The van der Waals surface area contributed by atoms with Crippen LogP contribution in [0.25, 0.3) is 0 Å². The molecule has 0 aliphatic carbocycles. The molecule has 0 fully saturated rings. The molecule has 130 valence electrons. The molecule has 0 amide bonds. The summed E-state index contributed by atoms with van der Waals surface area (Å²) in [6.45, 7) is 4.17. The molecule has 0 aliphatic heterocycles. The summed E-state index contributed by atoms with van der Waals surface area (Å²) in [5.41, 5.74) is 0. The van der Waals surface area contributed by atoms with Gasteiger partial charge in [-0.05, 0) is 38.1 Å². The third kappa shape index (κ3) is 5.19. The second-order valence-electron chi connectivity index (χ2n) is 4.76. The predicted octanol–water partition coefficient (Wildman–Crippen LogP) is 1.28. The van der Waals surface area contributed by atoms with Crippen molar-refractivity contribution < 1.29 is 27.4 Å². The molecule has 0 radical (unpaired) electrons. The highest BCUT2D eigenvalue weighted by atomic mass is 32.2. The van der Waals surface area contributed by atoms with Crippen LogP contribution in [0, 0.1) is 0 Å². The number of sulfonamides is 1. The number of rotatable bonds is 9. The first-order valence-corrected chi connectivity index (χ1v) is 8.65. The molecule has 1 aromatic rings. The number of hydrogen-bond donors (Lipinski definition) is 0. The number of likely N-dealkylation sites (N-methyl/N-ethyl adjacent to an activating group) is 1. The topological polar surface area (TPSA) is 82.1 Å². The lowest BCUT2D eigenvalue weighted by atomic mass is 10.3. The number of ether oxygens (including phenoxy) is 3. The molecule has 0 spiro atoms. The lowest BCUT2D eigenvalue weighted by Gasteiger charge is -2.22. The Labute approximate surface area is 137 Å². The average molecular weight is 345 g/mol. The standard InChI is InChI=1S/C15H23NO6S/c1-5-21-15(17)12(2)16(3)23(18,19)14-8-6-13(7-9-14)22-11-10-20-4/h6-9,12H,5,10-11H2,1-4H3/t12-/m0/s1. The van der Waals surface area contributed by atoms with Gasteiger partial charge >= 0.3 is 5.97 Å². The van der Waals surface area contributed by atoms with Gasteiger partial charge in [-0.15, -0.1) is 0 Å². The summed E-state index contributed by atoms with van der Waals surface area (Å²) in [7, 11) is -0.875. The maximum absolute atomic E-state index is 12.5. The summed E-state index contributed by atoms with van der Waals surface area (Å²) in [4.78, 5) is 11.8. The Bertz CT molecular complexity index is 599. The predicted molar refractivity (Wildman–Crippen MR) is 84.9 cm³/mol. The van der Waals surface area contributed by atoms with Gasteiger partial charge in [0.25, 0.3) is 0 Å². The first-order valence-electron chi connectivity index (χ1n) is 7.21. The van der Waals surface area contributed by atoms with Crippen molar-refractivity contribution in [2.75, 3.05) is 34.0 Å². The molecule has 0 aromatic heterocycles. The largest absolute Gasteiger partial charge is 0.491 e. The fourth-order valence-corrected chi connectivity index (χ4v) is 3.05. The molecule has 0 saturated carbocycles. The zero-order chi connectivity index (χ0) is 17.5. The molecule has 0 saturated heterocycles. The SMILES string of the molecule is CCOC(=O)[C@H](C)N(C)S(=O)(=O)c1ccc(OCCOC)cc1. The van der Waals surface area contributed by atoms with Crippen LogP contribution in [0.2, 0.25) is 0 Å². The molecular formula is C15H23NO6S. The number of benzene rings is 1. The van der Waals surface area contributed by atoms with E-state index in [-0.39, 0.29) is 11.5 Å². The van der Waals surface area contributed by atoms with E-state index >= 15 is 0 Å². The van der Waals surface area contributed by atoms with Crippen LogP contribution in [-0.4, -0.2) is 58.7 Å². The fraction of sp³-hybridized carbons (Fsp3) is 0.533. The van der Waals surface area contributed by atoms with E-state index in [4.69, 9.17) is 14.2 Å². The highest BCUT2D eigenvalue weighted by Gasteiger charge is 2.30. The molecule has 1 atom stereocenters. The minimum atomic E-state index is -3.79. The van der Waals surface area contributed by atoms with E-state index in [0.29, 0.717) is 19.0 Å². The summed E-state index contributed by atoms with van der Waals surface area (Å²) in [6, 6.07) is 5.09. The van der Waals surface area contributed by atoms with Gasteiger partial charge in [-0.2, -0.15) is 4.31 Å². The summed E-state index contributed by atoms with van der Waals surface area (Å²) >= 11 is 0. The number of nitrogens with zero attached hydrogens (tertiary/aromatic N) is 1. The minimum Gasteiger partial charge on any atom is -0.491 e. The van der Waals surface area contributed by atoms with Crippen molar-refractivity contribution in [1.82, 2.24) is 4.31 Å². The van der Waals surface area contributed by atoms with Gasteiger partial charge in [0.1, 0.15) is 18.4 Å². The molecule has 0 bridgehead atoms. The monoisotopic (exact) mass is 345 g/mol. The molecule has 0 heterocycles. The van der Waals surface area contributed by atoms with Gasteiger partial charge in [0.2, 0.25) is 10.0 Å². The normalized spacial score (nSPS) is 12.9. The molecule has 1 aromatic carbocycles. The van der Waals surface area contributed by atoms with Crippen molar-refractivity contribution in [3.8, 4) is 5.75 Å². The molecule has 0 aliphatic rings. The lowest BCUT2D eigenvalue weighted by molar-refractivity contribution is -0.146. The van der Waals surface area contributed by atoms with E-state index in [1.807, 2.05) is 0 Å². The second-order valence-corrected chi connectivity index (χ2v) is 6.76. The molecule has 0 unspecified atom stereocenters. The van der Waals surface area contributed by atoms with Crippen LogP contribution < -0.4 is 4.74 Å². The van der Waals surface area contributed by atoms with Gasteiger partial charge in [0.15, 0.2) is 0 Å². The first-order chi connectivity index (χ1) is 10.8. The van der Waals surface area contributed by atoms with E-state index in [1.54, 1.807) is 26.2 Å². The van der Waals surface area contributed by atoms with Crippen LogP contribution in [0.3, 0.4) is 0 Å². The molecular weight excluding hydrogens is 322 g/mol. The maximum atomic E-state index is 12.5.